The van der Waals surface area contributed by atoms with E-state index in [0.717, 1.165) is 19.9 Å². The molecule has 0 saturated heterocycles. The topological polar surface area (TPSA) is 9.23 Å². The van der Waals surface area contributed by atoms with Crippen LogP contribution in [0.3, 0.4) is 0 Å². The van der Waals surface area contributed by atoms with Crippen molar-refractivity contribution in [2.45, 2.75) is 6.61 Å². The molecule has 2 rings (SSSR count). The molecule has 0 aromatic heterocycles. The first kappa shape index (κ1) is 11.7. The summed E-state index contributed by atoms with van der Waals surface area (Å²) >= 11 is 8.20. The lowest BCUT2D eigenvalue weighted by molar-refractivity contribution is 0.304. The van der Waals surface area contributed by atoms with Crippen molar-refractivity contribution < 1.29 is 4.74 Å². The van der Waals surface area contributed by atoms with Crippen molar-refractivity contribution in [2.24, 2.45) is 0 Å². The van der Waals surface area contributed by atoms with Crippen LogP contribution in [0.1, 0.15) is 5.56 Å². The fourth-order valence-electron chi connectivity index (χ4n) is 1.33. The van der Waals surface area contributed by atoms with Crippen LogP contribution in [0.2, 0.25) is 5.02 Å². The Kier molecular flexibility index (Phi) is 4.07. The third kappa shape index (κ3) is 2.89. The predicted octanol–water partition coefficient (Wildman–Crippen LogP) is 4.52. The molecular weight excluding hydrogens is 334 g/mol. The molecule has 0 bridgehead atoms. The Labute approximate surface area is 114 Å². The van der Waals surface area contributed by atoms with Gasteiger partial charge in [-0.2, -0.15) is 0 Å². The van der Waals surface area contributed by atoms with Gasteiger partial charge in [0.2, 0.25) is 0 Å². The summed E-state index contributed by atoms with van der Waals surface area (Å²) in [6.45, 7) is 0.567. The minimum atomic E-state index is 0.567. The van der Waals surface area contributed by atoms with E-state index in [-0.39, 0.29) is 0 Å². The second-order valence-corrected chi connectivity index (χ2v) is 4.81. The first-order valence-corrected chi connectivity index (χ1v) is 6.34. The number of halogens is 2. The normalized spacial score (nSPS) is 10.1. The summed E-state index contributed by atoms with van der Waals surface area (Å²) in [6.07, 6.45) is 0. The summed E-state index contributed by atoms with van der Waals surface area (Å²) in [5, 5.41) is 0.728. The Morgan fingerprint density at radius 3 is 2.50 bits per heavy atom. The van der Waals surface area contributed by atoms with Crippen LogP contribution in [0.5, 0.6) is 5.75 Å². The van der Waals surface area contributed by atoms with Gasteiger partial charge in [-0.15, -0.1) is 0 Å². The van der Waals surface area contributed by atoms with E-state index in [1.165, 1.54) is 0 Å². The Bertz CT molecular complexity index is 471. The molecule has 0 N–H and O–H groups in total. The van der Waals surface area contributed by atoms with Crippen LogP contribution in [0.15, 0.2) is 48.5 Å². The maximum Gasteiger partial charge on any atom is 0.134 e. The molecule has 16 heavy (non-hydrogen) atoms. The van der Waals surface area contributed by atoms with Crippen molar-refractivity contribution in [1.82, 2.24) is 0 Å². The van der Waals surface area contributed by atoms with Gasteiger partial charge < -0.3 is 4.74 Å². The third-order valence-electron chi connectivity index (χ3n) is 2.15. The molecule has 0 aliphatic carbocycles. The molecule has 0 fully saturated rings. The zero-order chi connectivity index (χ0) is 11.4. The number of benzene rings is 2. The van der Waals surface area contributed by atoms with Gasteiger partial charge in [0.15, 0.2) is 0 Å². The SMILES string of the molecule is Clc1cccc(OCc2ccccc2)c1I. The van der Waals surface area contributed by atoms with Crippen molar-refractivity contribution in [3.8, 4) is 5.75 Å². The summed E-state index contributed by atoms with van der Waals surface area (Å²) in [7, 11) is 0. The number of hydrogen-bond acceptors (Lipinski definition) is 1. The van der Waals surface area contributed by atoms with E-state index >= 15 is 0 Å². The molecule has 0 atom stereocenters. The number of hydrogen-bond donors (Lipinski definition) is 0. The van der Waals surface area contributed by atoms with Crippen molar-refractivity contribution in [3.63, 3.8) is 0 Å². The van der Waals surface area contributed by atoms with Crippen LogP contribution >= 0.6 is 34.2 Å². The van der Waals surface area contributed by atoms with Crippen LogP contribution in [0.25, 0.3) is 0 Å². The highest BCUT2D eigenvalue weighted by atomic mass is 127. The number of ether oxygens (including phenoxy) is 1. The monoisotopic (exact) mass is 344 g/mol. The predicted molar refractivity (Wildman–Crippen MR) is 74.9 cm³/mol. The van der Waals surface area contributed by atoms with Gasteiger partial charge >= 0.3 is 0 Å². The molecule has 0 unspecified atom stereocenters. The van der Waals surface area contributed by atoms with Crippen LogP contribution in [0.4, 0.5) is 0 Å². The maximum absolute atomic E-state index is 6.01. The van der Waals surface area contributed by atoms with Crippen LogP contribution in [-0.2, 0) is 6.61 Å². The zero-order valence-corrected chi connectivity index (χ0v) is 11.4. The zero-order valence-electron chi connectivity index (χ0n) is 8.49. The van der Waals surface area contributed by atoms with Gasteiger partial charge in [0, 0.05) is 0 Å². The Balaban J connectivity index is 2.08. The molecular formula is C13H10ClIO. The summed E-state index contributed by atoms with van der Waals surface area (Å²) < 4.78 is 6.67. The highest BCUT2D eigenvalue weighted by Crippen LogP contribution is 2.28. The second-order valence-electron chi connectivity index (χ2n) is 3.33. The van der Waals surface area contributed by atoms with E-state index in [4.69, 9.17) is 16.3 Å². The van der Waals surface area contributed by atoms with Crippen molar-refractivity contribution in [2.75, 3.05) is 0 Å². The Morgan fingerprint density at radius 1 is 1.00 bits per heavy atom. The first-order valence-electron chi connectivity index (χ1n) is 4.88. The van der Waals surface area contributed by atoms with Crippen LogP contribution in [0, 0.1) is 3.57 Å². The molecule has 1 nitrogen and oxygen atoms in total. The summed E-state index contributed by atoms with van der Waals surface area (Å²) in [5.74, 6) is 0.831. The van der Waals surface area contributed by atoms with E-state index in [2.05, 4.69) is 22.6 Å². The van der Waals surface area contributed by atoms with E-state index < -0.39 is 0 Å². The molecule has 3 heteroatoms. The first-order chi connectivity index (χ1) is 7.77. The van der Waals surface area contributed by atoms with E-state index in [1.54, 1.807) is 0 Å². The fraction of sp³-hybridized carbons (Fsp3) is 0.0769. The van der Waals surface area contributed by atoms with Crippen LogP contribution in [-0.4, -0.2) is 0 Å². The van der Waals surface area contributed by atoms with E-state index in [9.17, 15) is 0 Å². The van der Waals surface area contributed by atoms with Gasteiger partial charge in [-0.25, -0.2) is 0 Å². The molecule has 0 aliphatic rings. The Morgan fingerprint density at radius 2 is 1.75 bits per heavy atom. The third-order valence-corrected chi connectivity index (χ3v) is 3.90. The van der Waals surface area contributed by atoms with E-state index in [1.807, 2.05) is 48.5 Å². The molecule has 2 aromatic rings. The summed E-state index contributed by atoms with van der Waals surface area (Å²) in [4.78, 5) is 0. The summed E-state index contributed by atoms with van der Waals surface area (Å²) in [5.41, 5.74) is 1.15. The average molecular weight is 345 g/mol. The molecule has 0 spiro atoms. The van der Waals surface area contributed by atoms with Crippen molar-refractivity contribution in [1.29, 1.82) is 0 Å². The lowest BCUT2D eigenvalue weighted by atomic mass is 10.2. The molecule has 0 amide bonds. The number of rotatable bonds is 3. The van der Waals surface area contributed by atoms with Crippen molar-refractivity contribution >= 4 is 34.2 Å². The smallest absolute Gasteiger partial charge is 0.134 e. The van der Waals surface area contributed by atoms with Gasteiger partial charge in [-0.3, -0.25) is 0 Å². The maximum atomic E-state index is 6.01. The van der Waals surface area contributed by atoms with Gasteiger partial charge in [-0.1, -0.05) is 48.0 Å². The highest BCUT2D eigenvalue weighted by molar-refractivity contribution is 14.1. The Hall–Kier alpha value is -0.740. The molecule has 0 aliphatic heterocycles. The second kappa shape index (κ2) is 5.55. The molecule has 0 heterocycles. The van der Waals surface area contributed by atoms with Gasteiger partial charge in [0.1, 0.15) is 12.4 Å². The lowest BCUT2D eigenvalue weighted by Gasteiger charge is -2.08. The standard InChI is InChI=1S/C13H10ClIO/c14-11-7-4-8-12(13(11)15)16-9-10-5-2-1-3-6-10/h1-8H,9H2. The van der Waals surface area contributed by atoms with Gasteiger partial charge in [0.25, 0.3) is 0 Å². The highest BCUT2D eigenvalue weighted by Gasteiger charge is 2.04. The minimum Gasteiger partial charge on any atom is -0.488 e. The quantitative estimate of drug-likeness (QED) is 0.744. The molecule has 0 saturated carbocycles. The lowest BCUT2D eigenvalue weighted by Crippen LogP contribution is -1.96. The molecule has 2 aromatic carbocycles. The minimum absolute atomic E-state index is 0.567. The van der Waals surface area contributed by atoms with Crippen molar-refractivity contribution in [3.05, 3.63) is 62.7 Å². The summed E-state index contributed by atoms with van der Waals surface area (Å²) in [6, 6.07) is 15.8. The largest absolute Gasteiger partial charge is 0.488 e. The van der Waals surface area contributed by atoms with E-state index in [0.29, 0.717) is 6.61 Å². The van der Waals surface area contributed by atoms with Gasteiger partial charge in [-0.05, 0) is 40.3 Å². The van der Waals surface area contributed by atoms with Crippen LogP contribution < -0.4 is 4.74 Å². The fourth-order valence-corrected chi connectivity index (χ4v) is 2.01. The molecule has 0 radical (unpaired) electrons. The van der Waals surface area contributed by atoms with Gasteiger partial charge in [0.05, 0.1) is 8.59 Å². The molecule has 82 valence electrons. The average Bonchev–Trinajstić information content (AvgIpc) is 2.32.